The van der Waals surface area contributed by atoms with Crippen LogP contribution in [-0.4, -0.2) is 80.1 Å². The van der Waals surface area contributed by atoms with Gasteiger partial charge in [-0.1, -0.05) is 35.3 Å². The van der Waals surface area contributed by atoms with Gasteiger partial charge in [-0.25, -0.2) is 15.6 Å². The highest BCUT2D eigenvalue weighted by Crippen LogP contribution is 2.35. The van der Waals surface area contributed by atoms with E-state index in [4.69, 9.17) is 27.9 Å². The van der Waals surface area contributed by atoms with Gasteiger partial charge < -0.3 is 9.64 Å². The number of piperazine rings is 1. The van der Waals surface area contributed by atoms with Gasteiger partial charge in [0.1, 0.15) is 0 Å². The van der Waals surface area contributed by atoms with Crippen LogP contribution in [0.1, 0.15) is 43.6 Å². The molecule has 1 atom stereocenters. The smallest absolute Gasteiger partial charge is 0.0713 e. The molecule has 0 aliphatic carbocycles. The van der Waals surface area contributed by atoms with Gasteiger partial charge in [-0.3, -0.25) is 4.90 Å². The zero-order valence-corrected chi connectivity index (χ0v) is 23.6. The normalized spacial score (nSPS) is 23.8. The molecule has 1 N–H and O–H groups in total. The SMILES string of the molecule is Clc1ccc(C2CCN(N3NC(CCCN4CCN(c5ccc(Cl)cc5)CC4)C4=C3CCOC4)CC2)cc1. The number of piperidine rings is 1. The minimum Gasteiger partial charge on any atom is -0.377 e. The van der Waals surface area contributed by atoms with Crippen molar-refractivity contribution in [1.29, 1.82) is 0 Å². The lowest BCUT2D eigenvalue weighted by atomic mass is 9.90. The fraction of sp³-hybridized carbons (Fsp3) is 0.533. The number of anilines is 1. The summed E-state index contributed by atoms with van der Waals surface area (Å²) in [5.74, 6) is 0.616. The summed E-state index contributed by atoms with van der Waals surface area (Å²) in [5, 5.41) is 6.56. The zero-order valence-electron chi connectivity index (χ0n) is 22.1. The molecule has 0 amide bonds. The van der Waals surface area contributed by atoms with E-state index in [9.17, 15) is 0 Å². The molecule has 4 aliphatic rings. The summed E-state index contributed by atoms with van der Waals surface area (Å²) in [6.45, 7) is 9.28. The third-order valence-corrected chi connectivity index (χ3v) is 9.20. The summed E-state index contributed by atoms with van der Waals surface area (Å²) in [5.41, 5.74) is 9.52. The zero-order chi connectivity index (χ0) is 25.9. The minimum atomic E-state index is 0.384. The van der Waals surface area contributed by atoms with Crippen molar-refractivity contribution in [3.05, 3.63) is 75.4 Å². The number of rotatable bonds is 7. The summed E-state index contributed by atoms with van der Waals surface area (Å²) in [4.78, 5) is 5.09. The molecular formula is C30H39Cl2N5O. The first-order chi connectivity index (χ1) is 18.6. The largest absolute Gasteiger partial charge is 0.377 e. The predicted octanol–water partition coefficient (Wildman–Crippen LogP) is 5.55. The molecule has 4 aliphatic heterocycles. The van der Waals surface area contributed by atoms with Crippen LogP contribution in [0.25, 0.3) is 0 Å². The van der Waals surface area contributed by atoms with Crippen LogP contribution >= 0.6 is 23.2 Å². The molecule has 0 spiro atoms. The Morgan fingerprint density at radius 1 is 0.842 bits per heavy atom. The first-order valence-electron chi connectivity index (χ1n) is 14.2. The van der Waals surface area contributed by atoms with E-state index >= 15 is 0 Å². The van der Waals surface area contributed by atoms with Gasteiger partial charge >= 0.3 is 0 Å². The highest BCUT2D eigenvalue weighted by atomic mass is 35.5. The Hall–Kier alpha value is -1.80. The number of hydrazine groups is 2. The van der Waals surface area contributed by atoms with E-state index in [1.165, 1.54) is 41.8 Å². The lowest BCUT2D eigenvalue weighted by Gasteiger charge is -2.40. The van der Waals surface area contributed by atoms with Crippen LogP contribution in [0.15, 0.2) is 59.8 Å². The van der Waals surface area contributed by atoms with Crippen molar-refractivity contribution in [2.24, 2.45) is 0 Å². The third-order valence-electron chi connectivity index (χ3n) is 8.69. The van der Waals surface area contributed by atoms with Crippen LogP contribution in [0.2, 0.25) is 10.0 Å². The van der Waals surface area contributed by atoms with Crippen LogP contribution < -0.4 is 10.3 Å². The van der Waals surface area contributed by atoms with Crippen LogP contribution in [0.5, 0.6) is 0 Å². The highest BCUT2D eigenvalue weighted by molar-refractivity contribution is 6.30. The third kappa shape index (κ3) is 6.01. The lowest BCUT2D eigenvalue weighted by molar-refractivity contribution is -0.0540. The number of halogens is 2. The van der Waals surface area contributed by atoms with Crippen LogP contribution in [0.4, 0.5) is 5.69 Å². The Labute approximate surface area is 237 Å². The van der Waals surface area contributed by atoms with Gasteiger partial charge in [0, 0.05) is 61.4 Å². The average molecular weight is 557 g/mol. The molecule has 2 saturated heterocycles. The molecule has 4 heterocycles. The van der Waals surface area contributed by atoms with Crippen molar-refractivity contribution in [1.82, 2.24) is 20.5 Å². The number of ether oxygens (including phenoxy) is 1. The van der Waals surface area contributed by atoms with Crippen LogP contribution in [0, 0.1) is 0 Å². The molecular weight excluding hydrogens is 517 g/mol. The number of nitrogens with one attached hydrogen (secondary N) is 1. The molecule has 204 valence electrons. The van der Waals surface area contributed by atoms with E-state index in [2.05, 4.69) is 49.6 Å². The predicted molar refractivity (Wildman–Crippen MR) is 156 cm³/mol. The summed E-state index contributed by atoms with van der Waals surface area (Å²) in [7, 11) is 0. The van der Waals surface area contributed by atoms with Gasteiger partial charge in [0.25, 0.3) is 0 Å². The molecule has 0 saturated carbocycles. The van der Waals surface area contributed by atoms with Gasteiger partial charge in [-0.05, 0) is 85.7 Å². The van der Waals surface area contributed by atoms with E-state index in [1.807, 2.05) is 24.3 Å². The number of hydrogen-bond acceptors (Lipinski definition) is 6. The molecule has 2 aromatic carbocycles. The number of benzene rings is 2. The van der Waals surface area contributed by atoms with Crippen molar-refractivity contribution in [2.45, 2.75) is 44.1 Å². The fourth-order valence-electron chi connectivity index (χ4n) is 6.47. The van der Waals surface area contributed by atoms with Crippen LogP contribution in [0.3, 0.4) is 0 Å². The maximum atomic E-state index is 6.11. The molecule has 6 nitrogen and oxygen atoms in total. The van der Waals surface area contributed by atoms with E-state index in [1.54, 1.807) is 0 Å². The topological polar surface area (TPSA) is 34.2 Å². The minimum absolute atomic E-state index is 0.384. The van der Waals surface area contributed by atoms with E-state index in [0.29, 0.717) is 12.0 Å². The maximum absolute atomic E-state index is 6.11. The lowest BCUT2D eigenvalue weighted by Crippen LogP contribution is -2.52. The first-order valence-corrected chi connectivity index (χ1v) is 15.0. The molecule has 2 aromatic rings. The van der Waals surface area contributed by atoms with Gasteiger partial charge in [0.2, 0.25) is 0 Å². The highest BCUT2D eigenvalue weighted by Gasteiger charge is 2.37. The molecule has 2 fully saturated rings. The average Bonchev–Trinajstić information content (AvgIpc) is 3.33. The molecule has 8 heteroatoms. The van der Waals surface area contributed by atoms with E-state index in [0.717, 1.165) is 81.9 Å². The monoisotopic (exact) mass is 555 g/mol. The van der Waals surface area contributed by atoms with Crippen molar-refractivity contribution in [2.75, 3.05) is 63.9 Å². The Morgan fingerprint density at radius 2 is 1.53 bits per heavy atom. The second-order valence-electron chi connectivity index (χ2n) is 11.0. The molecule has 0 aromatic heterocycles. The summed E-state index contributed by atoms with van der Waals surface area (Å²) in [6.07, 6.45) is 5.69. The Bertz CT molecular complexity index is 1090. The second kappa shape index (κ2) is 12.2. The first kappa shape index (κ1) is 26.4. The Balaban J connectivity index is 0.985. The summed E-state index contributed by atoms with van der Waals surface area (Å²) >= 11 is 12.2. The van der Waals surface area contributed by atoms with Crippen molar-refractivity contribution in [3.63, 3.8) is 0 Å². The van der Waals surface area contributed by atoms with Gasteiger partial charge in [-0.2, -0.15) is 0 Å². The molecule has 0 radical (unpaired) electrons. The quantitative estimate of drug-likeness (QED) is 0.482. The summed E-state index contributed by atoms with van der Waals surface area (Å²) < 4.78 is 5.91. The van der Waals surface area contributed by atoms with Gasteiger partial charge in [0.05, 0.1) is 25.0 Å². The molecule has 1 unspecified atom stereocenters. The number of nitrogens with zero attached hydrogens (tertiary/aromatic N) is 4. The van der Waals surface area contributed by atoms with Crippen molar-refractivity contribution >= 4 is 28.9 Å². The second-order valence-corrected chi connectivity index (χ2v) is 11.9. The Morgan fingerprint density at radius 3 is 2.24 bits per heavy atom. The molecule has 6 rings (SSSR count). The standard InChI is InChI=1S/C30H39Cl2N5O/c31-25-5-3-23(4-6-25)24-11-15-36(16-12-24)37-30-13-21-38-22-28(30)29(33-37)2-1-14-34-17-19-35(20-18-34)27-9-7-26(32)8-10-27/h3-10,24,29,33H,1-2,11-22H2. The fourth-order valence-corrected chi connectivity index (χ4v) is 6.72. The molecule has 0 bridgehead atoms. The van der Waals surface area contributed by atoms with Gasteiger partial charge in [-0.15, -0.1) is 0 Å². The van der Waals surface area contributed by atoms with Crippen molar-refractivity contribution < 1.29 is 4.74 Å². The van der Waals surface area contributed by atoms with Gasteiger partial charge in [0.15, 0.2) is 0 Å². The number of hydrogen-bond donors (Lipinski definition) is 1. The summed E-state index contributed by atoms with van der Waals surface area (Å²) in [6, 6.07) is 17.1. The Kier molecular flexibility index (Phi) is 8.45. The maximum Gasteiger partial charge on any atom is 0.0713 e. The van der Waals surface area contributed by atoms with Crippen LogP contribution in [-0.2, 0) is 4.74 Å². The van der Waals surface area contributed by atoms with E-state index in [-0.39, 0.29) is 0 Å². The van der Waals surface area contributed by atoms with Crippen molar-refractivity contribution in [3.8, 4) is 0 Å². The molecule has 38 heavy (non-hydrogen) atoms. The van der Waals surface area contributed by atoms with E-state index < -0.39 is 0 Å².